The van der Waals surface area contributed by atoms with Crippen molar-refractivity contribution in [3.05, 3.63) is 0 Å². The van der Waals surface area contributed by atoms with Crippen molar-refractivity contribution in [2.45, 2.75) is 24.1 Å². The Labute approximate surface area is 61.7 Å². The van der Waals surface area contributed by atoms with Gasteiger partial charge < -0.3 is 0 Å². The molecular weight excluding hydrogens is 184 g/mol. The van der Waals surface area contributed by atoms with Crippen LogP contribution in [0.5, 0.6) is 0 Å². The molecule has 2 nitrogen and oxygen atoms in total. The van der Waals surface area contributed by atoms with Gasteiger partial charge >= 0.3 is 0 Å². The van der Waals surface area contributed by atoms with Gasteiger partial charge in [0, 0.05) is 17.7 Å². The molecular formula is C6H7BrO2. The van der Waals surface area contributed by atoms with Crippen LogP contribution in [0.2, 0.25) is 0 Å². The number of Topliss-reactive ketones (excluding diaryl/α,β-unsaturated/α-hetero) is 2. The fourth-order valence-electron chi connectivity index (χ4n) is 0.930. The van der Waals surface area contributed by atoms with E-state index >= 15 is 0 Å². The third kappa shape index (κ3) is 1.90. The molecule has 9 heavy (non-hydrogen) atoms. The van der Waals surface area contributed by atoms with E-state index in [1.165, 1.54) is 0 Å². The van der Waals surface area contributed by atoms with Crippen molar-refractivity contribution in [3.8, 4) is 0 Å². The van der Waals surface area contributed by atoms with E-state index in [0.717, 1.165) is 0 Å². The molecule has 1 aliphatic carbocycles. The lowest BCUT2D eigenvalue weighted by Gasteiger charge is -2.12. The first-order valence-electron chi connectivity index (χ1n) is 2.86. The summed E-state index contributed by atoms with van der Waals surface area (Å²) in [6.07, 6.45) is 1.19. The maximum atomic E-state index is 10.6. The molecule has 1 fully saturated rings. The van der Waals surface area contributed by atoms with E-state index in [-0.39, 0.29) is 22.8 Å². The first kappa shape index (κ1) is 6.93. The van der Waals surface area contributed by atoms with Crippen molar-refractivity contribution >= 4 is 27.5 Å². The van der Waals surface area contributed by atoms with E-state index in [0.29, 0.717) is 12.8 Å². The van der Waals surface area contributed by atoms with Crippen molar-refractivity contribution < 1.29 is 9.59 Å². The number of alkyl halides is 1. The van der Waals surface area contributed by atoms with Crippen molar-refractivity contribution in [3.63, 3.8) is 0 Å². The van der Waals surface area contributed by atoms with Crippen LogP contribution in [0.15, 0.2) is 0 Å². The minimum absolute atomic E-state index is 0.0631. The van der Waals surface area contributed by atoms with Crippen LogP contribution in [0.4, 0.5) is 0 Å². The summed E-state index contributed by atoms with van der Waals surface area (Å²) in [6.45, 7) is 0. The summed E-state index contributed by atoms with van der Waals surface area (Å²) in [5.74, 6) is 0.126. The van der Waals surface area contributed by atoms with E-state index < -0.39 is 0 Å². The summed E-state index contributed by atoms with van der Waals surface area (Å²) in [5, 5.41) is 0. The van der Waals surface area contributed by atoms with Gasteiger partial charge in [0.15, 0.2) is 0 Å². The summed E-state index contributed by atoms with van der Waals surface area (Å²) in [4.78, 5) is 21.4. The van der Waals surface area contributed by atoms with Gasteiger partial charge in [0.2, 0.25) is 0 Å². The third-order valence-corrected chi connectivity index (χ3v) is 1.94. The molecule has 0 aliphatic heterocycles. The standard InChI is InChI=1S/C6H7BrO2/c7-4-1-5(8)3-6(9)2-4/h4H,1-3H2. The minimum atomic E-state index is 0.0631. The van der Waals surface area contributed by atoms with Crippen molar-refractivity contribution in [1.29, 1.82) is 0 Å². The zero-order valence-corrected chi connectivity index (χ0v) is 6.48. The molecule has 0 N–H and O–H groups in total. The molecule has 1 rings (SSSR count). The molecule has 0 aromatic carbocycles. The maximum Gasteiger partial charge on any atom is 0.141 e. The average molecular weight is 191 g/mol. The predicted octanol–water partition coefficient (Wildman–Crippen LogP) is 1.07. The summed E-state index contributed by atoms with van der Waals surface area (Å²) >= 11 is 3.23. The number of ketones is 2. The van der Waals surface area contributed by atoms with Crippen LogP contribution in [-0.4, -0.2) is 16.4 Å². The highest BCUT2D eigenvalue weighted by molar-refractivity contribution is 9.09. The van der Waals surface area contributed by atoms with Crippen LogP contribution in [0.1, 0.15) is 19.3 Å². The second-order valence-corrected chi connectivity index (χ2v) is 3.55. The van der Waals surface area contributed by atoms with Crippen molar-refractivity contribution in [2.75, 3.05) is 0 Å². The summed E-state index contributed by atoms with van der Waals surface area (Å²) in [7, 11) is 0. The Hall–Kier alpha value is -0.180. The van der Waals surface area contributed by atoms with Gasteiger partial charge in [-0.2, -0.15) is 0 Å². The molecule has 0 unspecified atom stereocenters. The second kappa shape index (κ2) is 2.60. The number of carbonyl (C=O) groups is 2. The van der Waals surface area contributed by atoms with E-state index in [2.05, 4.69) is 15.9 Å². The Balaban J connectivity index is 2.53. The Morgan fingerprint density at radius 2 is 1.67 bits per heavy atom. The lowest BCUT2D eigenvalue weighted by atomic mass is 9.98. The lowest BCUT2D eigenvalue weighted by Crippen LogP contribution is -2.22. The lowest BCUT2D eigenvalue weighted by molar-refractivity contribution is -0.129. The Morgan fingerprint density at radius 3 is 2.00 bits per heavy atom. The summed E-state index contributed by atoms with van der Waals surface area (Å²) in [5.41, 5.74) is 0. The molecule has 0 atom stereocenters. The zero-order chi connectivity index (χ0) is 6.85. The van der Waals surface area contributed by atoms with Gasteiger partial charge in [-0.25, -0.2) is 0 Å². The van der Waals surface area contributed by atoms with Crippen LogP contribution in [0, 0.1) is 0 Å². The van der Waals surface area contributed by atoms with Gasteiger partial charge in [-0.15, -0.1) is 0 Å². The zero-order valence-electron chi connectivity index (χ0n) is 4.89. The predicted molar refractivity (Wildman–Crippen MR) is 36.6 cm³/mol. The molecule has 0 aromatic rings. The Morgan fingerprint density at radius 1 is 1.22 bits per heavy atom. The average Bonchev–Trinajstić information content (AvgIpc) is 1.59. The smallest absolute Gasteiger partial charge is 0.141 e. The fraction of sp³-hybridized carbons (Fsp3) is 0.667. The topological polar surface area (TPSA) is 34.1 Å². The normalized spacial score (nSPS) is 22.8. The number of rotatable bonds is 0. The highest BCUT2D eigenvalue weighted by Crippen LogP contribution is 2.18. The molecule has 50 valence electrons. The van der Waals surface area contributed by atoms with Crippen LogP contribution in [0.25, 0.3) is 0 Å². The monoisotopic (exact) mass is 190 g/mol. The van der Waals surface area contributed by atoms with Crippen molar-refractivity contribution in [1.82, 2.24) is 0 Å². The van der Waals surface area contributed by atoms with Gasteiger partial charge in [-0.05, 0) is 0 Å². The van der Waals surface area contributed by atoms with Gasteiger partial charge in [0.05, 0.1) is 6.42 Å². The van der Waals surface area contributed by atoms with Crippen LogP contribution < -0.4 is 0 Å². The molecule has 1 saturated carbocycles. The van der Waals surface area contributed by atoms with Gasteiger partial charge in [-0.1, -0.05) is 15.9 Å². The highest BCUT2D eigenvalue weighted by Gasteiger charge is 2.22. The molecule has 0 radical (unpaired) electrons. The quantitative estimate of drug-likeness (QED) is 0.424. The highest BCUT2D eigenvalue weighted by atomic mass is 79.9. The molecule has 0 spiro atoms. The minimum Gasteiger partial charge on any atom is -0.299 e. The fourth-order valence-corrected chi connectivity index (χ4v) is 1.65. The number of halogens is 1. The molecule has 0 amide bonds. The molecule has 0 bridgehead atoms. The number of hydrogen-bond donors (Lipinski definition) is 0. The number of hydrogen-bond acceptors (Lipinski definition) is 2. The maximum absolute atomic E-state index is 10.6. The largest absolute Gasteiger partial charge is 0.299 e. The van der Waals surface area contributed by atoms with Gasteiger partial charge in [0.25, 0.3) is 0 Å². The third-order valence-electron chi connectivity index (χ3n) is 1.29. The molecule has 1 aliphatic rings. The van der Waals surface area contributed by atoms with Crippen LogP contribution in [0.3, 0.4) is 0 Å². The van der Waals surface area contributed by atoms with Crippen LogP contribution in [-0.2, 0) is 9.59 Å². The first-order valence-corrected chi connectivity index (χ1v) is 3.77. The van der Waals surface area contributed by atoms with E-state index in [9.17, 15) is 9.59 Å². The van der Waals surface area contributed by atoms with Gasteiger partial charge in [0.1, 0.15) is 11.6 Å². The first-order chi connectivity index (χ1) is 4.18. The Bertz CT molecular complexity index is 137. The van der Waals surface area contributed by atoms with Crippen molar-refractivity contribution in [2.24, 2.45) is 0 Å². The molecule has 0 heterocycles. The molecule has 3 heteroatoms. The van der Waals surface area contributed by atoms with E-state index in [1.54, 1.807) is 0 Å². The molecule has 0 saturated heterocycles. The van der Waals surface area contributed by atoms with Gasteiger partial charge in [-0.3, -0.25) is 9.59 Å². The van der Waals surface area contributed by atoms with E-state index in [1.807, 2.05) is 0 Å². The SMILES string of the molecule is O=C1CC(=O)CC(Br)C1. The summed E-state index contributed by atoms with van der Waals surface area (Å²) < 4.78 is 0. The Kier molecular flexibility index (Phi) is 2.01. The summed E-state index contributed by atoms with van der Waals surface area (Å²) in [6, 6.07) is 0. The molecule has 0 aromatic heterocycles. The second-order valence-electron chi connectivity index (χ2n) is 2.26. The number of carbonyl (C=O) groups excluding carboxylic acids is 2. The van der Waals surface area contributed by atoms with E-state index in [4.69, 9.17) is 0 Å². The van der Waals surface area contributed by atoms with Crippen LogP contribution >= 0.6 is 15.9 Å².